The van der Waals surface area contributed by atoms with Gasteiger partial charge in [0.25, 0.3) is 0 Å². The van der Waals surface area contributed by atoms with Crippen molar-refractivity contribution in [3.05, 3.63) is 29.8 Å². The fraction of sp³-hybridized carbons (Fsp3) is 0.529. The number of amides is 1. The zero-order valence-electron chi connectivity index (χ0n) is 15.1. The van der Waals surface area contributed by atoms with Crippen LogP contribution >= 0.6 is 35.7 Å². The number of unbranched alkanes of at least 4 members (excludes halogenated alkanes) is 1. The summed E-state index contributed by atoms with van der Waals surface area (Å²) in [6.45, 7) is 4.39. The molecule has 0 radical (unpaired) electrons. The Kier molecular flexibility index (Phi) is 14.4. The van der Waals surface area contributed by atoms with E-state index in [1.54, 1.807) is 0 Å². The predicted molar refractivity (Wildman–Crippen MR) is 118 cm³/mol. The van der Waals surface area contributed by atoms with E-state index in [2.05, 4.69) is 38.9 Å². The average Bonchev–Trinajstić information content (AvgIpc) is 2.60. The van der Waals surface area contributed by atoms with Gasteiger partial charge in [0, 0.05) is 18.8 Å². The van der Waals surface area contributed by atoms with Gasteiger partial charge >= 0.3 is 6.09 Å². The summed E-state index contributed by atoms with van der Waals surface area (Å²) in [5, 5.41) is 9.23. The highest BCUT2D eigenvalue weighted by atomic mass is 127. The van der Waals surface area contributed by atoms with E-state index in [-0.39, 0.29) is 24.0 Å². The third-order valence-corrected chi connectivity index (χ3v) is 3.91. The van der Waals surface area contributed by atoms with Crippen molar-refractivity contribution in [1.82, 2.24) is 10.6 Å². The van der Waals surface area contributed by atoms with Crippen molar-refractivity contribution in [2.45, 2.75) is 26.3 Å². The molecule has 1 aromatic carbocycles. The minimum absolute atomic E-state index is 0. The lowest BCUT2D eigenvalue weighted by Gasteiger charge is -2.11. The lowest BCUT2D eigenvalue weighted by molar-refractivity contribution is 0.187. The van der Waals surface area contributed by atoms with Crippen LogP contribution in [0.2, 0.25) is 0 Å². The molecule has 1 amide bonds. The molecular weight excluding hydrogens is 451 g/mol. The van der Waals surface area contributed by atoms with E-state index in [1.807, 2.05) is 36.0 Å². The van der Waals surface area contributed by atoms with Crippen LogP contribution in [0.3, 0.4) is 0 Å². The summed E-state index contributed by atoms with van der Waals surface area (Å²) in [5.41, 5.74) is 1.78. The largest absolute Gasteiger partial charge is 0.453 e. The molecule has 142 valence electrons. The molecule has 0 aliphatic heterocycles. The van der Waals surface area contributed by atoms with Crippen molar-refractivity contribution in [2.24, 2.45) is 4.99 Å². The average molecular weight is 480 g/mol. The lowest BCUT2D eigenvalue weighted by Crippen LogP contribution is -2.37. The maximum atomic E-state index is 11.1. The molecule has 0 unspecified atom stereocenters. The molecule has 0 fully saturated rings. The quantitative estimate of drug-likeness (QED) is 0.218. The number of hydrogen-bond donors (Lipinski definition) is 3. The number of ether oxygens (including phenoxy) is 1. The number of halogens is 1. The Balaban J connectivity index is 0.00000576. The van der Waals surface area contributed by atoms with Gasteiger partial charge in [-0.25, -0.2) is 9.79 Å². The van der Waals surface area contributed by atoms with E-state index >= 15 is 0 Å². The molecule has 0 aliphatic rings. The topological polar surface area (TPSA) is 74.8 Å². The number of nitrogens with zero attached hydrogens (tertiary/aromatic N) is 1. The maximum Gasteiger partial charge on any atom is 0.411 e. The number of carbonyl (C=O) groups is 1. The Morgan fingerprint density at radius 1 is 1.20 bits per heavy atom. The number of guanidine groups is 1. The fourth-order valence-electron chi connectivity index (χ4n) is 1.95. The molecule has 0 spiro atoms. The minimum atomic E-state index is -0.471. The molecule has 0 heterocycles. The highest BCUT2D eigenvalue weighted by molar-refractivity contribution is 14.0. The normalized spacial score (nSPS) is 10.6. The van der Waals surface area contributed by atoms with Crippen LogP contribution in [0.15, 0.2) is 29.3 Å². The molecule has 1 rings (SSSR count). The highest BCUT2D eigenvalue weighted by Crippen LogP contribution is 2.10. The minimum Gasteiger partial charge on any atom is -0.453 e. The number of hydrogen-bond acceptors (Lipinski definition) is 4. The Morgan fingerprint density at radius 2 is 1.92 bits per heavy atom. The third-order valence-electron chi connectivity index (χ3n) is 3.22. The van der Waals surface area contributed by atoms with Gasteiger partial charge in [0.1, 0.15) is 0 Å². The summed E-state index contributed by atoms with van der Waals surface area (Å²) in [5.74, 6) is 2.03. The Bertz CT molecular complexity index is 512. The smallest absolute Gasteiger partial charge is 0.411 e. The molecule has 6 nitrogen and oxygen atoms in total. The molecule has 0 bridgehead atoms. The summed E-state index contributed by atoms with van der Waals surface area (Å²) in [7, 11) is 1.34. The van der Waals surface area contributed by atoms with Crippen molar-refractivity contribution < 1.29 is 9.53 Å². The van der Waals surface area contributed by atoms with Gasteiger partial charge in [-0.2, -0.15) is 11.8 Å². The second-order valence-electron chi connectivity index (χ2n) is 5.14. The Morgan fingerprint density at radius 3 is 2.52 bits per heavy atom. The second-order valence-corrected chi connectivity index (χ2v) is 6.12. The SMILES string of the molecule is CCNC(=NCc1ccc(NC(=O)OC)cc1)NCCCCSC.I. The van der Waals surface area contributed by atoms with Gasteiger partial charge in [0.15, 0.2) is 5.96 Å². The maximum absolute atomic E-state index is 11.1. The molecule has 0 aliphatic carbocycles. The summed E-state index contributed by atoms with van der Waals surface area (Å²) < 4.78 is 4.56. The standard InChI is InChI=1S/C17H28N4O2S.HI/c1-4-18-16(19-11-5-6-12-24-3)20-13-14-7-9-15(10-8-14)21-17(22)23-2;/h7-10H,4-6,11-13H2,1-3H3,(H,21,22)(H2,18,19,20);1H. The first-order valence-electron chi connectivity index (χ1n) is 8.14. The highest BCUT2D eigenvalue weighted by Gasteiger charge is 2.01. The number of thioether (sulfide) groups is 1. The number of rotatable bonds is 9. The van der Waals surface area contributed by atoms with Gasteiger partial charge < -0.3 is 15.4 Å². The summed E-state index contributed by atoms with van der Waals surface area (Å²) in [6.07, 6.45) is 4.01. The van der Waals surface area contributed by atoms with Crippen molar-refractivity contribution in [1.29, 1.82) is 0 Å². The summed E-state index contributed by atoms with van der Waals surface area (Å²) >= 11 is 1.88. The molecule has 0 aromatic heterocycles. The van der Waals surface area contributed by atoms with Crippen LogP contribution in [0, 0.1) is 0 Å². The number of carbonyl (C=O) groups excluding carboxylic acids is 1. The van der Waals surface area contributed by atoms with Gasteiger partial charge in [0.2, 0.25) is 0 Å². The van der Waals surface area contributed by atoms with Gasteiger partial charge in [-0.15, -0.1) is 24.0 Å². The van der Waals surface area contributed by atoms with Crippen molar-refractivity contribution >= 4 is 53.5 Å². The van der Waals surface area contributed by atoms with E-state index < -0.39 is 6.09 Å². The number of methoxy groups -OCH3 is 1. The first-order chi connectivity index (χ1) is 11.7. The van der Waals surface area contributed by atoms with E-state index in [9.17, 15) is 4.79 Å². The second kappa shape index (κ2) is 15.1. The number of anilines is 1. The summed E-state index contributed by atoms with van der Waals surface area (Å²) in [6, 6.07) is 7.56. The third kappa shape index (κ3) is 11.1. The van der Waals surface area contributed by atoms with Gasteiger partial charge in [-0.05, 0) is 49.5 Å². The van der Waals surface area contributed by atoms with Crippen LogP contribution in [0.5, 0.6) is 0 Å². The Labute approximate surface area is 172 Å². The van der Waals surface area contributed by atoms with Crippen molar-refractivity contribution in [3.8, 4) is 0 Å². The van der Waals surface area contributed by atoms with Crippen LogP contribution in [-0.2, 0) is 11.3 Å². The van der Waals surface area contributed by atoms with Crippen LogP contribution in [-0.4, -0.2) is 44.3 Å². The van der Waals surface area contributed by atoms with E-state index in [1.165, 1.54) is 19.3 Å². The first kappa shape index (κ1) is 23.8. The Hall–Kier alpha value is -1.16. The first-order valence-corrected chi connectivity index (χ1v) is 9.54. The number of aliphatic imine (C=N–C) groups is 1. The monoisotopic (exact) mass is 480 g/mol. The number of benzene rings is 1. The van der Waals surface area contributed by atoms with Gasteiger partial charge in [-0.1, -0.05) is 12.1 Å². The zero-order chi connectivity index (χ0) is 17.6. The van der Waals surface area contributed by atoms with Crippen LogP contribution < -0.4 is 16.0 Å². The van der Waals surface area contributed by atoms with E-state index in [0.29, 0.717) is 12.2 Å². The van der Waals surface area contributed by atoms with Crippen molar-refractivity contribution in [3.63, 3.8) is 0 Å². The fourth-order valence-corrected chi connectivity index (χ4v) is 2.45. The van der Waals surface area contributed by atoms with E-state index in [4.69, 9.17) is 0 Å². The predicted octanol–water partition coefficient (Wildman–Crippen LogP) is 3.68. The van der Waals surface area contributed by atoms with E-state index in [0.717, 1.165) is 31.0 Å². The van der Waals surface area contributed by atoms with Crippen LogP contribution in [0.25, 0.3) is 0 Å². The molecule has 0 saturated carbocycles. The number of nitrogens with one attached hydrogen (secondary N) is 3. The van der Waals surface area contributed by atoms with Crippen molar-refractivity contribution in [2.75, 3.05) is 37.5 Å². The zero-order valence-corrected chi connectivity index (χ0v) is 18.3. The molecule has 8 heteroatoms. The molecule has 0 saturated heterocycles. The van der Waals surface area contributed by atoms with Gasteiger partial charge in [0.05, 0.1) is 13.7 Å². The molecule has 25 heavy (non-hydrogen) atoms. The lowest BCUT2D eigenvalue weighted by atomic mass is 10.2. The molecule has 0 atom stereocenters. The van der Waals surface area contributed by atoms with Gasteiger partial charge in [-0.3, -0.25) is 5.32 Å². The van der Waals surface area contributed by atoms with Crippen LogP contribution in [0.4, 0.5) is 10.5 Å². The molecular formula is C17H29IN4O2S. The molecule has 3 N–H and O–H groups in total. The van der Waals surface area contributed by atoms with Crippen LogP contribution in [0.1, 0.15) is 25.3 Å². The summed E-state index contributed by atoms with van der Waals surface area (Å²) in [4.78, 5) is 15.7. The molecule has 1 aromatic rings.